The molecule has 0 aliphatic carbocycles. The van der Waals surface area contributed by atoms with Crippen molar-refractivity contribution in [1.29, 1.82) is 0 Å². The van der Waals surface area contributed by atoms with E-state index < -0.39 is 31.9 Å². The molecule has 0 saturated carbocycles. The van der Waals surface area contributed by atoms with E-state index in [1.807, 2.05) is 0 Å². The van der Waals surface area contributed by atoms with E-state index in [0.29, 0.717) is 10.0 Å². The number of phenolic OH excluding ortho intramolecular Hbond substituents is 2. The van der Waals surface area contributed by atoms with Gasteiger partial charge in [0.05, 0.1) is 15.6 Å². The monoisotopic (exact) mass is 492 g/mol. The first-order valence-corrected chi connectivity index (χ1v) is 10.8. The van der Waals surface area contributed by atoms with Crippen LogP contribution < -0.4 is 0 Å². The minimum atomic E-state index is -5.11. The molecule has 0 fully saturated rings. The first kappa shape index (κ1) is 22.0. The van der Waals surface area contributed by atoms with Crippen LogP contribution in [0.1, 0.15) is 16.7 Å². The first-order chi connectivity index (χ1) is 13.5. The van der Waals surface area contributed by atoms with Crippen LogP contribution in [0, 0.1) is 0 Å². The van der Waals surface area contributed by atoms with Crippen LogP contribution in [0.2, 0.25) is 20.1 Å². The van der Waals surface area contributed by atoms with E-state index in [-0.39, 0.29) is 21.2 Å². The molecule has 0 amide bonds. The van der Waals surface area contributed by atoms with Gasteiger partial charge in [-0.15, -0.1) is 0 Å². The molecule has 0 bridgehead atoms. The second kappa shape index (κ2) is 7.87. The molecule has 152 valence electrons. The summed E-state index contributed by atoms with van der Waals surface area (Å²) < 4.78 is 33.8. The van der Waals surface area contributed by atoms with Crippen LogP contribution >= 0.6 is 46.4 Å². The van der Waals surface area contributed by atoms with Gasteiger partial charge in [0.2, 0.25) is 0 Å². The maximum Gasteiger partial charge on any atom is 0.283 e. The van der Waals surface area contributed by atoms with Gasteiger partial charge in [-0.2, -0.15) is 8.42 Å². The van der Waals surface area contributed by atoms with Gasteiger partial charge >= 0.3 is 0 Å². The zero-order chi connectivity index (χ0) is 21.6. The van der Waals surface area contributed by atoms with E-state index in [1.54, 1.807) is 0 Å². The lowest BCUT2D eigenvalue weighted by molar-refractivity contribution is 0.416. The number of hydrogen-bond acceptors (Lipinski definition) is 4. The number of aromatic hydroxyl groups is 2. The fraction of sp³-hybridized carbons (Fsp3) is 0.0526. The third-order valence-electron chi connectivity index (χ3n) is 4.42. The van der Waals surface area contributed by atoms with Crippen LogP contribution in [-0.4, -0.2) is 23.2 Å². The van der Waals surface area contributed by atoms with Gasteiger partial charge in [-0.3, -0.25) is 4.55 Å². The van der Waals surface area contributed by atoms with Gasteiger partial charge in [0.1, 0.15) is 11.5 Å². The van der Waals surface area contributed by atoms with Crippen LogP contribution in [0.5, 0.6) is 11.5 Å². The van der Waals surface area contributed by atoms with E-state index in [0.717, 1.165) is 6.07 Å². The van der Waals surface area contributed by atoms with Gasteiger partial charge in [0.15, 0.2) is 4.75 Å². The van der Waals surface area contributed by atoms with Gasteiger partial charge < -0.3 is 10.2 Å². The summed E-state index contributed by atoms with van der Waals surface area (Å²) in [5, 5.41) is 21.3. The average Bonchev–Trinajstić information content (AvgIpc) is 2.64. The van der Waals surface area contributed by atoms with Crippen molar-refractivity contribution >= 4 is 56.5 Å². The molecule has 3 aromatic carbocycles. The van der Waals surface area contributed by atoms with E-state index >= 15 is 0 Å². The summed E-state index contributed by atoms with van der Waals surface area (Å²) in [6.45, 7) is 0. The second-order valence-corrected chi connectivity index (χ2v) is 9.33. The largest absolute Gasteiger partial charge is 0.506 e. The lowest BCUT2D eigenvalue weighted by Crippen LogP contribution is -2.38. The lowest BCUT2D eigenvalue weighted by Gasteiger charge is -2.33. The molecule has 0 heterocycles. The normalized spacial score (nSPS) is 12.2. The third-order valence-corrected chi connectivity index (χ3v) is 6.95. The van der Waals surface area contributed by atoms with Crippen LogP contribution in [0.4, 0.5) is 0 Å². The molecule has 0 aliphatic rings. The van der Waals surface area contributed by atoms with Gasteiger partial charge in [-0.05, 0) is 41.5 Å². The van der Waals surface area contributed by atoms with Crippen molar-refractivity contribution < 1.29 is 23.2 Å². The van der Waals surface area contributed by atoms with E-state index in [4.69, 9.17) is 46.4 Å². The van der Waals surface area contributed by atoms with Gasteiger partial charge in [-0.1, -0.05) is 70.7 Å². The highest BCUT2D eigenvalue weighted by Crippen LogP contribution is 2.54. The van der Waals surface area contributed by atoms with Crippen molar-refractivity contribution in [2.45, 2.75) is 4.75 Å². The molecule has 10 heteroatoms. The summed E-state index contributed by atoms with van der Waals surface area (Å²) in [4.78, 5) is 0. The van der Waals surface area contributed by atoms with Crippen molar-refractivity contribution in [3.05, 3.63) is 91.4 Å². The predicted molar refractivity (Wildman–Crippen MR) is 114 cm³/mol. The number of hydrogen-bond donors (Lipinski definition) is 3. The topological polar surface area (TPSA) is 94.8 Å². The minimum absolute atomic E-state index is 0.0318. The number of phenols is 2. The number of rotatable bonds is 4. The van der Waals surface area contributed by atoms with Crippen molar-refractivity contribution in [3.63, 3.8) is 0 Å². The Balaban J connectivity index is 2.61. The highest BCUT2D eigenvalue weighted by Gasteiger charge is 2.52. The molecule has 3 rings (SSSR count). The zero-order valence-electron chi connectivity index (χ0n) is 14.3. The Hall–Kier alpha value is -1.67. The predicted octanol–water partition coefficient (Wildman–Crippen LogP) is 5.89. The van der Waals surface area contributed by atoms with Crippen molar-refractivity contribution in [1.82, 2.24) is 0 Å². The van der Waals surface area contributed by atoms with Crippen LogP contribution in [-0.2, 0) is 14.9 Å². The molecular weight excluding hydrogens is 482 g/mol. The number of halogens is 4. The average molecular weight is 494 g/mol. The van der Waals surface area contributed by atoms with Crippen LogP contribution in [0.15, 0.2) is 54.6 Å². The molecule has 0 aromatic heterocycles. The molecule has 0 spiro atoms. The highest BCUT2D eigenvalue weighted by molar-refractivity contribution is 7.87. The Morgan fingerprint density at radius 2 is 1.03 bits per heavy atom. The summed E-state index contributed by atoms with van der Waals surface area (Å²) in [5.41, 5.74) is -0.673. The zero-order valence-corrected chi connectivity index (χ0v) is 18.1. The highest BCUT2D eigenvalue weighted by atomic mass is 35.5. The molecular formula is C19H12Cl4O5S. The van der Waals surface area contributed by atoms with E-state index in [9.17, 15) is 23.2 Å². The summed E-state index contributed by atoms with van der Waals surface area (Å²) in [5.74, 6) is -1.54. The van der Waals surface area contributed by atoms with Crippen molar-refractivity contribution in [2.24, 2.45) is 0 Å². The van der Waals surface area contributed by atoms with Crippen LogP contribution in [0.25, 0.3) is 0 Å². The summed E-state index contributed by atoms with van der Waals surface area (Å²) in [6.07, 6.45) is 0. The Morgan fingerprint density at radius 1 is 0.690 bits per heavy atom. The molecule has 3 N–H and O–H groups in total. The maximum atomic E-state index is 12.9. The fourth-order valence-electron chi connectivity index (χ4n) is 3.18. The van der Waals surface area contributed by atoms with Crippen molar-refractivity contribution in [3.8, 4) is 11.5 Å². The standard InChI is InChI=1S/C19H12Cl4O5S/c20-12-5-1-10(2-6-12)19(29(26,27)28,11-3-7-13(21)8-4-11)16-17(24)14(22)9-15(23)18(16)25/h1-9,24-25H,(H,26,27,28). The van der Waals surface area contributed by atoms with E-state index in [2.05, 4.69) is 0 Å². The first-order valence-electron chi connectivity index (χ1n) is 7.89. The Morgan fingerprint density at radius 3 is 1.34 bits per heavy atom. The molecule has 0 saturated heterocycles. The van der Waals surface area contributed by atoms with Gasteiger partial charge in [0, 0.05) is 10.0 Å². The molecule has 0 aliphatic heterocycles. The summed E-state index contributed by atoms with van der Waals surface area (Å²) in [7, 11) is -5.11. The Kier molecular flexibility index (Phi) is 5.98. The fourth-order valence-corrected chi connectivity index (χ4v) is 5.22. The molecule has 29 heavy (non-hydrogen) atoms. The second-order valence-electron chi connectivity index (χ2n) is 6.08. The molecule has 3 aromatic rings. The van der Waals surface area contributed by atoms with Gasteiger partial charge in [-0.25, -0.2) is 0 Å². The van der Waals surface area contributed by atoms with E-state index in [1.165, 1.54) is 48.5 Å². The smallest absolute Gasteiger partial charge is 0.283 e. The summed E-state index contributed by atoms with van der Waals surface area (Å²) >= 11 is 23.9. The summed E-state index contributed by atoms with van der Waals surface area (Å²) in [6, 6.07) is 12.0. The molecule has 0 radical (unpaired) electrons. The Bertz CT molecular complexity index is 1100. The molecule has 5 nitrogen and oxygen atoms in total. The van der Waals surface area contributed by atoms with Gasteiger partial charge in [0.25, 0.3) is 10.1 Å². The minimum Gasteiger partial charge on any atom is -0.506 e. The van der Waals surface area contributed by atoms with Crippen LogP contribution in [0.3, 0.4) is 0 Å². The third kappa shape index (κ3) is 3.65. The molecule has 0 unspecified atom stereocenters. The van der Waals surface area contributed by atoms with Crippen molar-refractivity contribution in [2.75, 3.05) is 0 Å². The molecule has 0 atom stereocenters. The lowest BCUT2D eigenvalue weighted by atomic mass is 9.83. The quantitative estimate of drug-likeness (QED) is 0.311. The Labute approximate surface area is 186 Å². The number of benzene rings is 3. The maximum absolute atomic E-state index is 12.9. The SMILES string of the molecule is O=S(=O)(O)C(c1ccc(Cl)cc1)(c1ccc(Cl)cc1)c1c(O)c(Cl)cc(Cl)c1O.